The summed E-state index contributed by atoms with van der Waals surface area (Å²) < 4.78 is 5.01. The van der Waals surface area contributed by atoms with Gasteiger partial charge in [0, 0.05) is 0 Å². The van der Waals surface area contributed by atoms with E-state index in [9.17, 15) is 0 Å². The van der Waals surface area contributed by atoms with Gasteiger partial charge in [-0.1, -0.05) is 12.1 Å². The van der Waals surface area contributed by atoms with Crippen LogP contribution in [0.25, 0.3) is 0 Å². The lowest BCUT2D eigenvalue weighted by molar-refractivity contribution is 0.409. The molecule has 0 amide bonds. The quantitative estimate of drug-likeness (QED) is 0.592. The van der Waals surface area contributed by atoms with Crippen molar-refractivity contribution in [3.8, 4) is 5.75 Å². The Morgan fingerprint density at radius 2 is 2.00 bits per heavy atom. The molecule has 1 aromatic carbocycles. The van der Waals surface area contributed by atoms with E-state index in [0.717, 1.165) is 5.56 Å². The van der Waals surface area contributed by atoms with E-state index >= 15 is 0 Å². The number of hydrogen-bond donors (Lipinski definition) is 2. The fourth-order valence-corrected chi connectivity index (χ4v) is 0.997. The summed E-state index contributed by atoms with van der Waals surface area (Å²) in [6, 6.07) is 5.05. The molecular weight excluding hydrogens is 155 g/mol. The van der Waals surface area contributed by atoms with Crippen molar-refractivity contribution >= 4 is 12.6 Å². The van der Waals surface area contributed by atoms with Crippen molar-refractivity contribution in [3.05, 3.63) is 23.8 Å². The number of aryl methyl sites for hydroxylation is 1. The lowest BCUT2D eigenvalue weighted by atomic mass is 9.80. The van der Waals surface area contributed by atoms with Gasteiger partial charge < -0.3 is 14.8 Å². The zero-order chi connectivity index (χ0) is 9.14. The fourth-order valence-electron chi connectivity index (χ4n) is 0.997. The van der Waals surface area contributed by atoms with Crippen molar-refractivity contribution in [2.45, 2.75) is 6.92 Å². The molecule has 0 unspecified atom stereocenters. The molecule has 64 valence electrons. The van der Waals surface area contributed by atoms with Crippen LogP contribution in [0.2, 0.25) is 0 Å². The number of hydrogen-bond acceptors (Lipinski definition) is 3. The third kappa shape index (κ3) is 1.78. The van der Waals surface area contributed by atoms with E-state index < -0.39 is 7.12 Å². The minimum atomic E-state index is -1.43. The largest absolute Gasteiger partial charge is 0.497 e. The van der Waals surface area contributed by atoms with Crippen LogP contribution in [-0.4, -0.2) is 24.3 Å². The molecule has 1 aromatic rings. The van der Waals surface area contributed by atoms with Gasteiger partial charge in [-0.05, 0) is 24.0 Å². The Bertz CT molecular complexity index is 273. The third-order valence-corrected chi connectivity index (χ3v) is 1.73. The molecule has 0 aliphatic carbocycles. The van der Waals surface area contributed by atoms with Crippen molar-refractivity contribution < 1.29 is 14.8 Å². The van der Waals surface area contributed by atoms with Crippen LogP contribution in [0, 0.1) is 6.92 Å². The monoisotopic (exact) mass is 166 g/mol. The third-order valence-electron chi connectivity index (χ3n) is 1.73. The number of rotatable bonds is 2. The molecule has 12 heavy (non-hydrogen) atoms. The second-order valence-electron chi connectivity index (χ2n) is 2.60. The number of ether oxygens (including phenoxy) is 1. The van der Waals surface area contributed by atoms with Crippen LogP contribution in [0.4, 0.5) is 0 Å². The first-order chi connectivity index (χ1) is 5.65. The Morgan fingerprint density at radius 1 is 1.33 bits per heavy atom. The van der Waals surface area contributed by atoms with Gasteiger partial charge in [-0.3, -0.25) is 0 Å². The second kappa shape index (κ2) is 3.60. The van der Waals surface area contributed by atoms with Crippen molar-refractivity contribution in [2.75, 3.05) is 7.11 Å². The first-order valence-corrected chi connectivity index (χ1v) is 3.66. The van der Waals surface area contributed by atoms with E-state index in [1.807, 2.05) is 6.92 Å². The van der Waals surface area contributed by atoms with Crippen molar-refractivity contribution in [1.82, 2.24) is 0 Å². The van der Waals surface area contributed by atoms with Gasteiger partial charge in [0.2, 0.25) is 0 Å². The van der Waals surface area contributed by atoms with Gasteiger partial charge in [0.25, 0.3) is 0 Å². The smallest absolute Gasteiger partial charge is 0.488 e. The maximum Gasteiger partial charge on any atom is 0.488 e. The first kappa shape index (κ1) is 9.10. The predicted molar refractivity (Wildman–Crippen MR) is 47.6 cm³/mol. The first-order valence-electron chi connectivity index (χ1n) is 3.66. The summed E-state index contributed by atoms with van der Waals surface area (Å²) in [5.74, 6) is 0.667. The van der Waals surface area contributed by atoms with Crippen molar-refractivity contribution in [1.29, 1.82) is 0 Å². The molecule has 0 bridgehead atoms. The second-order valence-corrected chi connectivity index (χ2v) is 2.60. The minimum Gasteiger partial charge on any atom is -0.497 e. The van der Waals surface area contributed by atoms with E-state index in [1.165, 1.54) is 0 Å². The minimum absolute atomic E-state index is 0.442. The van der Waals surface area contributed by atoms with Crippen LogP contribution in [-0.2, 0) is 0 Å². The molecule has 0 heterocycles. The summed E-state index contributed by atoms with van der Waals surface area (Å²) in [6.45, 7) is 1.90. The van der Waals surface area contributed by atoms with E-state index in [2.05, 4.69) is 0 Å². The van der Waals surface area contributed by atoms with Gasteiger partial charge in [0.1, 0.15) is 5.75 Å². The molecule has 0 spiro atoms. The molecule has 0 atom stereocenters. The molecule has 0 aromatic heterocycles. The van der Waals surface area contributed by atoms with E-state index in [1.54, 1.807) is 25.3 Å². The molecule has 4 heteroatoms. The molecule has 0 fully saturated rings. The van der Waals surface area contributed by atoms with Gasteiger partial charge in [-0.2, -0.15) is 0 Å². The summed E-state index contributed by atoms with van der Waals surface area (Å²) in [5.41, 5.74) is 1.42. The summed E-state index contributed by atoms with van der Waals surface area (Å²) >= 11 is 0. The Labute approximate surface area is 71.8 Å². The van der Waals surface area contributed by atoms with Crippen LogP contribution in [0.1, 0.15) is 5.56 Å². The number of benzene rings is 1. The maximum atomic E-state index is 8.83. The van der Waals surface area contributed by atoms with E-state index in [-0.39, 0.29) is 0 Å². The maximum absolute atomic E-state index is 8.83. The van der Waals surface area contributed by atoms with Crippen LogP contribution < -0.4 is 10.2 Å². The van der Waals surface area contributed by atoms with Crippen LogP contribution in [0.15, 0.2) is 18.2 Å². The molecule has 3 nitrogen and oxygen atoms in total. The van der Waals surface area contributed by atoms with Crippen molar-refractivity contribution in [3.63, 3.8) is 0 Å². The van der Waals surface area contributed by atoms with Crippen molar-refractivity contribution in [2.24, 2.45) is 0 Å². The number of methoxy groups -OCH3 is 1. The van der Waals surface area contributed by atoms with Crippen LogP contribution >= 0.6 is 0 Å². The zero-order valence-corrected chi connectivity index (χ0v) is 7.11. The van der Waals surface area contributed by atoms with E-state index in [0.29, 0.717) is 11.2 Å². The summed E-state index contributed by atoms with van der Waals surface area (Å²) in [5, 5.41) is 17.7. The predicted octanol–water partition coefficient (Wildman–Crippen LogP) is -0.317. The highest BCUT2D eigenvalue weighted by Crippen LogP contribution is 2.13. The molecule has 2 N–H and O–H groups in total. The molecule has 0 saturated heterocycles. The molecule has 0 saturated carbocycles. The Morgan fingerprint density at radius 3 is 2.50 bits per heavy atom. The average Bonchev–Trinajstić information content (AvgIpc) is 2.05. The Balaban J connectivity index is 3.05. The van der Waals surface area contributed by atoms with Crippen LogP contribution in [0.3, 0.4) is 0 Å². The Kier molecular flexibility index (Phi) is 2.73. The summed E-state index contributed by atoms with van der Waals surface area (Å²) in [6.07, 6.45) is 0. The fraction of sp³-hybridized carbons (Fsp3) is 0.250. The van der Waals surface area contributed by atoms with Gasteiger partial charge in [0.15, 0.2) is 0 Å². The zero-order valence-electron chi connectivity index (χ0n) is 7.11. The van der Waals surface area contributed by atoms with Gasteiger partial charge >= 0.3 is 7.12 Å². The van der Waals surface area contributed by atoms with Crippen LogP contribution in [0.5, 0.6) is 5.75 Å². The SMILES string of the molecule is COc1cc(B(O)O)ccc1C. The topological polar surface area (TPSA) is 49.7 Å². The average molecular weight is 166 g/mol. The molecule has 0 radical (unpaired) electrons. The summed E-state index contributed by atoms with van der Waals surface area (Å²) in [7, 11) is 0.120. The molecule has 0 aliphatic rings. The molecule has 0 aliphatic heterocycles. The highest BCUT2D eigenvalue weighted by molar-refractivity contribution is 6.58. The van der Waals surface area contributed by atoms with E-state index in [4.69, 9.17) is 14.8 Å². The highest BCUT2D eigenvalue weighted by Gasteiger charge is 2.11. The summed E-state index contributed by atoms with van der Waals surface area (Å²) in [4.78, 5) is 0. The lowest BCUT2D eigenvalue weighted by Crippen LogP contribution is -2.29. The van der Waals surface area contributed by atoms with Gasteiger partial charge in [0.05, 0.1) is 7.11 Å². The Hall–Kier alpha value is -0.995. The van der Waals surface area contributed by atoms with Gasteiger partial charge in [-0.25, -0.2) is 0 Å². The van der Waals surface area contributed by atoms with Gasteiger partial charge in [-0.15, -0.1) is 0 Å². The normalized spacial score (nSPS) is 9.67. The standard InChI is InChI=1S/C8H11BO3/c1-6-3-4-7(9(10)11)5-8(6)12-2/h3-5,10-11H,1-2H3. The molecule has 1 rings (SSSR count). The lowest BCUT2D eigenvalue weighted by Gasteiger charge is -2.06. The molecular formula is C8H11BO3. The highest BCUT2D eigenvalue weighted by atomic mass is 16.5.